The van der Waals surface area contributed by atoms with Crippen LogP contribution < -0.4 is 16.2 Å². The monoisotopic (exact) mass is 354 g/mol. The third-order valence-corrected chi connectivity index (χ3v) is 3.39. The highest BCUT2D eigenvalue weighted by Gasteiger charge is 2.16. The molecule has 0 bridgehead atoms. The summed E-state index contributed by atoms with van der Waals surface area (Å²) in [7, 11) is 2.80. The molecular formula is C15H22N4O6. The van der Waals surface area contributed by atoms with Gasteiger partial charge in [-0.05, 0) is 6.07 Å². The first-order valence-electron chi connectivity index (χ1n) is 7.68. The summed E-state index contributed by atoms with van der Waals surface area (Å²) in [6.45, 7) is 1.19. The first-order chi connectivity index (χ1) is 12.0. The Morgan fingerprint density at radius 1 is 1.48 bits per heavy atom. The predicted molar refractivity (Wildman–Crippen MR) is 89.8 cm³/mol. The number of rotatable bonds is 7. The van der Waals surface area contributed by atoms with Crippen LogP contribution in [0.25, 0.3) is 0 Å². The van der Waals surface area contributed by atoms with E-state index in [0.29, 0.717) is 25.7 Å². The number of guanidine groups is 1. The topological polar surface area (TPSA) is 123 Å². The highest BCUT2D eigenvalue weighted by atomic mass is 16.5. The number of carbonyl (C=O) groups is 1. The summed E-state index contributed by atoms with van der Waals surface area (Å²) < 4.78 is 16.2. The van der Waals surface area contributed by atoms with E-state index >= 15 is 0 Å². The molecule has 0 fully saturated rings. The van der Waals surface area contributed by atoms with E-state index in [9.17, 15) is 14.7 Å². The molecule has 10 nitrogen and oxygen atoms in total. The van der Waals surface area contributed by atoms with Gasteiger partial charge in [0.25, 0.3) is 5.56 Å². The predicted octanol–water partition coefficient (Wildman–Crippen LogP) is -1.01. The van der Waals surface area contributed by atoms with E-state index in [1.54, 1.807) is 7.11 Å². The second kappa shape index (κ2) is 9.16. The number of hydrogen-bond acceptors (Lipinski definition) is 9. The fraction of sp³-hybridized carbons (Fsp3) is 0.533. The average Bonchev–Trinajstić information content (AvgIpc) is 2.62. The van der Waals surface area contributed by atoms with Crippen LogP contribution >= 0.6 is 0 Å². The smallest absolute Gasteiger partial charge is 0.339 e. The Kier molecular flexibility index (Phi) is 6.92. The summed E-state index contributed by atoms with van der Waals surface area (Å²) in [6.07, 6.45) is 0.796. The van der Waals surface area contributed by atoms with Crippen LogP contribution in [-0.4, -0.2) is 68.2 Å². The molecule has 138 valence electrons. The molecular weight excluding hydrogens is 332 g/mol. The molecule has 1 aliphatic heterocycles. The molecule has 1 unspecified atom stereocenters. The van der Waals surface area contributed by atoms with Crippen LogP contribution in [0.5, 0.6) is 0 Å². The van der Waals surface area contributed by atoms with Gasteiger partial charge in [0.1, 0.15) is 12.4 Å². The van der Waals surface area contributed by atoms with Gasteiger partial charge in [0, 0.05) is 19.9 Å². The van der Waals surface area contributed by atoms with Crippen LogP contribution in [0, 0.1) is 0 Å². The highest BCUT2D eigenvalue weighted by molar-refractivity contribution is 5.96. The Balaban J connectivity index is 2.24. The van der Waals surface area contributed by atoms with Crippen molar-refractivity contribution in [3.05, 3.63) is 28.2 Å². The van der Waals surface area contributed by atoms with Gasteiger partial charge in [0.2, 0.25) is 0 Å². The number of methoxy groups -OCH3 is 2. The van der Waals surface area contributed by atoms with Crippen molar-refractivity contribution in [1.29, 1.82) is 0 Å². The van der Waals surface area contributed by atoms with Gasteiger partial charge in [-0.3, -0.25) is 14.4 Å². The maximum absolute atomic E-state index is 12.5. The van der Waals surface area contributed by atoms with Crippen molar-refractivity contribution >= 4 is 17.6 Å². The zero-order valence-corrected chi connectivity index (χ0v) is 14.2. The van der Waals surface area contributed by atoms with Gasteiger partial charge in [0.15, 0.2) is 5.96 Å². The molecule has 25 heavy (non-hydrogen) atoms. The molecule has 0 amide bonds. The van der Waals surface area contributed by atoms with E-state index in [1.165, 1.54) is 23.9 Å². The van der Waals surface area contributed by atoms with Gasteiger partial charge in [0.05, 0.1) is 38.5 Å². The summed E-state index contributed by atoms with van der Waals surface area (Å²) in [5, 5.41) is 15.1. The number of ether oxygens (including phenoxy) is 3. The van der Waals surface area contributed by atoms with Crippen molar-refractivity contribution in [3.63, 3.8) is 0 Å². The van der Waals surface area contributed by atoms with E-state index < -0.39 is 12.1 Å². The minimum atomic E-state index is -0.581. The quantitative estimate of drug-likeness (QED) is 0.420. The molecule has 1 aliphatic rings. The molecule has 0 aromatic carbocycles. The maximum Gasteiger partial charge on any atom is 0.339 e. The Hall–Kier alpha value is -2.43. The van der Waals surface area contributed by atoms with Gasteiger partial charge >= 0.3 is 5.97 Å². The van der Waals surface area contributed by atoms with E-state index in [0.717, 1.165) is 0 Å². The lowest BCUT2D eigenvalue weighted by atomic mass is 10.2. The number of aliphatic imine (C=N–C) groups is 1. The number of aromatic nitrogens is 1. The Morgan fingerprint density at radius 3 is 2.92 bits per heavy atom. The third kappa shape index (κ3) is 5.28. The molecule has 0 aliphatic carbocycles. The summed E-state index contributed by atoms with van der Waals surface area (Å²) in [5.41, 5.74) is -0.0574. The van der Waals surface area contributed by atoms with Crippen molar-refractivity contribution in [3.8, 4) is 0 Å². The van der Waals surface area contributed by atoms with Crippen LogP contribution in [0.4, 0.5) is 5.69 Å². The van der Waals surface area contributed by atoms with Crippen molar-refractivity contribution in [2.75, 3.05) is 45.8 Å². The average molecular weight is 354 g/mol. The highest BCUT2D eigenvalue weighted by Crippen LogP contribution is 2.08. The number of hydrogen-bond donors (Lipinski definition) is 3. The summed E-state index contributed by atoms with van der Waals surface area (Å²) in [4.78, 5) is 28.5. The zero-order valence-electron chi connectivity index (χ0n) is 14.2. The lowest BCUT2D eigenvalue weighted by molar-refractivity contribution is 0.0324. The van der Waals surface area contributed by atoms with Gasteiger partial charge in [-0.1, -0.05) is 0 Å². The first kappa shape index (κ1) is 18.9. The van der Waals surface area contributed by atoms with Crippen LogP contribution in [-0.2, 0) is 20.9 Å². The molecule has 1 aromatic heterocycles. The normalized spacial score (nSPS) is 16.8. The molecule has 3 N–H and O–H groups in total. The number of β-amino-alcohol motifs (C(OH)–C–C–N with tert-alkyl or cyclic N) is 1. The lowest BCUT2D eigenvalue weighted by Gasteiger charge is -2.20. The number of nitrogens with zero attached hydrogens (tertiary/aromatic N) is 2. The fourth-order valence-corrected chi connectivity index (χ4v) is 2.10. The lowest BCUT2D eigenvalue weighted by Crippen LogP contribution is -2.43. The second-order valence-corrected chi connectivity index (χ2v) is 5.29. The molecule has 0 radical (unpaired) electrons. The molecule has 0 spiro atoms. The van der Waals surface area contributed by atoms with Crippen molar-refractivity contribution < 1.29 is 24.1 Å². The summed E-state index contributed by atoms with van der Waals surface area (Å²) >= 11 is 0. The SMILES string of the molecule is COCCOCn1cc(C(=O)OC)cc(NC2=NCC(O)CN2)c1=O. The van der Waals surface area contributed by atoms with E-state index in [-0.39, 0.29) is 30.1 Å². The van der Waals surface area contributed by atoms with Crippen molar-refractivity contribution in [2.24, 2.45) is 4.99 Å². The van der Waals surface area contributed by atoms with Crippen LogP contribution in [0.3, 0.4) is 0 Å². The molecule has 1 aromatic rings. The molecule has 10 heteroatoms. The second-order valence-electron chi connectivity index (χ2n) is 5.29. The van der Waals surface area contributed by atoms with E-state index in [4.69, 9.17) is 14.2 Å². The Bertz CT molecular complexity index is 687. The molecule has 1 atom stereocenters. The van der Waals surface area contributed by atoms with Crippen LogP contribution in [0.1, 0.15) is 10.4 Å². The largest absolute Gasteiger partial charge is 0.465 e. The number of pyridine rings is 1. The molecule has 0 saturated carbocycles. The van der Waals surface area contributed by atoms with Crippen LogP contribution in [0.2, 0.25) is 0 Å². The summed E-state index contributed by atoms with van der Waals surface area (Å²) in [6, 6.07) is 1.38. The molecule has 2 heterocycles. The standard InChI is InChI=1S/C15H22N4O6/c1-23-3-4-25-9-19-8-10(14(22)24-2)5-12(13(19)21)18-15-16-6-11(20)7-17-15/h5,8,11,20H,3-4,6-7,9H2,1-2H3,(H2,16,17,18). The fourth-order valence-electron chi connectivity index (χ4n) is 2.10. The van der Waals surface area contributed by atoms with Gasteiger partial charge in [-0.2, -0.15) is 0 Å². The molecule has 0 saturated heterocycles. The molecule has 2 rings (SSSR count). The Labute approximate surface area is 144 Å². The number of carbonyl (C=O) groups excluding carboxylic acids is 1. The number of esters is 1. The van der Waals surface area contributed by atoms with Gasteiger partial charge < -0.3 is 30.0 Å². The van der Waals surface area contributed by atoms with Crippen molar-refractivity contribution in [2.45, 2.75) is 12.8 Å². The van der Waals surface area contributed by atoms with E-state index in [1.807, 2.05) is 0 Å². The first-order valence-corrected chi connectivity index (χ1v) is 7.68. The van der Waals surface area contributed by atoms with Crippen LogP contribution in [0.15, 0.2) is 22.1 Å². The number of nitrogens with one attached hydrogen (secondary N) is 2. The Morgan fingerprint density at radius 2 is 2.28 bits per heavy atom. The van der Waals surface area contributed by atoms with Gasteiger partial charge in [-0.15, -0.1) is 0 Å². The number of anilines is 1. The van der Waals surface area contributed by atoms with Gasteiger partial charge in [-0.25, -0.2) is 4.79 Å². The minimum Gasteiger partial charge on any atom is -0.465 e. The van der Waals surface area contributed by atoms with Crippen molar-refractivity contribution in [1.82, 2.24) is 9.88 Å². The number of aliphatic hydroxyl groups excluding tert-OH is 1. The minimum absolute atomic E-state index is 0.0413. The number of aliphatic hydroxyl groups is 1. The van der Waals surface area contributed by atoms with E-state index in [2.05, 4.69) is 15.6 Å². The third-order valence-electron chi connectivity index (χ3n) is 3.39. The maximum atomic E-state index is 12.5. The zero-order chi connectivity index (χ0) is 18.2. The summed E-state index contributed by atoms with van der Waals surface area (Å²) in [5.74, 6) is -0.237.